The zero-order chi connectivity index (χ0) is 19.1. The number of carbonyl (C=O) groups excluding carboxylic acids is 1. The Bertz CT molecular complexity index is 920. The number of ether oxygens (including phenoxy) is 2. The van der Waals surface area contributed by atoms with Crippen molar-refractivity contribution in [3.05, 3.63) is 79.1 Å². The maximum absolute atomic E-state index is 12.4. The highest BCUT2D eigenvalue weighted by Gasteiger charge is 2.11. The highest BCUT2D eigenvalue weighted by Crippen LogP contribution is 2.28. The molecule has 1 amide bonds. The lowest BCUT2D eigenvalue weighted by Crippen LogP contribution is -2.21. The molecule has 1 aromatic heterocycles. The second kappa shape index (κ2) is 8.71. The summed E-state index contributed by atoms with van der Waals surface area (Å²) in [4.78, 5) is 12.4. The van der Waals surface area contributed by atoms with Gasteiger partial charge in [-0.05, 0) is 42.3 Å². The molecule has 0 atom stereocenters. The Morgan fingerprint density at radius 1 is 1.22 bits per heavy atom. The molecule has 138 valence electrons. The van der Waals surface area contributed by atoms with E-state index in [1.165, 1.54) is 0 Å². The molecule has 0 aliphatic carbocycles. The maximum Gasteiger partial charge on any atom is 0.262 e. The van der Waals surface area contributed by atoms with Gasteiger partial charge in [-0.1, -0.05) is 24.3 Å². The number of amides is 1. The number of carbonyl (C=O) groups is 1. The Labute approximate surface area is 158 Å². The number of rotatable bonds is 8. The summed E-state index contributed by atoms with van der Waals surface area (Å²) in [5, 5.41) is 7.06. The fourth-order valence-corrected chi connectivity index (χ4v) is 2.64. The van der Waals surface area contributed by atoms with Crippen molar-refractivity contribution in [3.63, 3.8) is 0 Å². The van der Waals surface area contributed by atoms with Gasteiger partial charge < -0.3 is 14.8 Å². The van der Waals surface area contributed by atoms with Crippen LogP contribution < -0.4 is 14.8 Å². The normalized spacial score (nSPS) is 10.3. The van der Waals surface area contributed by atoms with Crippen molar-refractivity contribution >= 4 is 11.6 Å². The molecule has 0 saturated heterocycles. The van der Waals surface area contributed by atoms with Gasteiger partial charge in [-0.2, -0.15) is 5.10 Å². The number of nitrogens with zero attached hydrogens (tertiary/aromatic N) is 2. The van der Waals surface area contributed by atoms with E-state index in [-0.39, 0.29) is 12.5 Å². The number of allylic oxidation sites excluding steroid dienone is 1. The standard InChI is InChI=1S/C21H21N3O3/c1-3-7-16-10-11-19(20(14-16)26-2)27-15-21(25)23-17-8-4-5-9-18(17)24-13-6-12-22-24/h3-6,8-14H,1,7,15H2,2H3,(H,23,25). The SMILES string of the molecule is C=CCc1ccc(OCC(=O)Nc2ccccc2-n2cccn2)c(OC)c1. The average Bonchev–Trinajstić information content (AvgIpc) is 3.22. The Hall–Kier alpha value is -3.54. The minimum Gasteiger partial charge on any atom is -0.493 e. The van der Waals surface area contributed by atoms with Crippen molar-refractivity contribution in [1.82, 2.24) is 9.78 Å². The molecule has 0 bridgehead atoms. The van der Waals surface area contributed by atoms with E-state index in [2.05, 4.69) is 17.0 Å². The van der Waals surface area contributed by atoms with E-state index >= 15 is 0 Å². The minimum absolute atomic E-state index is 0.134. The number of hydrogen-bond acceptors (Lipinski definition) is 4. The Kier molecular flexibility index (Phi) is 5.89. The summed E-state index contributed by atoms with van der Waals surface area (Å²) >= 11 is 0. The van der Waals surface area contributed by atoms with Crippen LogP contribution in [0.2, 0.25) is 0 Å². The van der Waals surface area contributed by atoms with E-state index in [0.717, 1.165) is 17.7 Å². The second-order valence-electron chi connectivity index (χ2n) is 5.78. The lowest BCUT2D eigenvalue weighted by molar-refractivity contribution is -0.118. The number of para-hydroxylation sites is 2. The molecular formula is C21H21N3O3. The monoisotopic (exact) mass is 363 g/mol. The molecule has 3 aromatic rings. The van der Waals surface area contributed by atoms with Gasteiger partial charge in [-0.25, -0.2) is 4.68 Å². The van der Waals surface area contributed by atoms with Crippen molar-refractivity contribution in [2.75, 3.05) is 19.0 Å². The molecule has 2 aromatic carbocycles. The summed E-state index contributed by atoms with van der Waals surface area (Å²) in [6.45, 7) is 3.59. The van der Waals surface area contributed by atoms with Gasteiger partial charge in [0.1, 0.15) is 0 Å². The third-order valence-electron chi connectivity index (χ3n) is 3.90. The van der Waals surface area contributed by atoms with Gasteiger partial charge in [0.2, 0.25) is 0 Å². The van der Waals surface area contributed by atoms with Gasteiger partial charge in [-0.3, -0.25) is 4.79 Å². The fourth-order valence-electron chi connectivity index (χ4n) is 2.64. The zero-order valence-corrected chi connectivity index (χ0v) is 15.1. The molecule has 0 spiro atoms. The van der Waals surface area contributed by atoms with Crippen molar-refractivity contribution in [2.24, 2.45) is 0 Å². The van der Waals surface area contributed by atoms with Crippen molar-refractivity contribution in [3.8, 4) is 17.2 Å². The molecule has 0 aliphatic rings. The summed E-state index contributed by atoms with van der Waals surface area (Å²) in [5.74, 6) is 0.826. The van der Waals surface area contributed by atoms with Gasteiger partial charge in [0, 0.05) is 12.4 Å². The topological polar surface area (TPSA) is 65.4 Å². The number of benzene rings is 2. The first-order chi connectivity index (χ1) is 13.2. The molecule has 0 radical (unpaired) electrons. The quantitative estimate of drug-likeness (QED) is 0.621. The van der Waals surface area contributed by atoms with Crippen LogP contribution in [0.1, 0.15) is 5.56 Å². The highest BCUT2D eigenvalue weighted by atomic mass is 16.5. The number of aromatic nitrogens is 2. The Morgan fingerprint density at radius 2 is 2.07 bits per heavy atom. The summed E-state index contributed by atoms with van der Waals surface area (Å²) in [7, 11) is 1.57. The average molecular weight is 363 g/mol. The highest BCUT2D eigenvalue weighted by molar-refractivity contribution is 5.93. The lowest BCUT2D eigenvalue weighted by atomic mass is 10.1. The predicted octanol–water partition coefficient (Wildman–Crippen LogP) is 3.63. The summed E-state index contributed by atoms with van der Waals surface area (Å²) in [6.07, 6.45) is 6.06. The number of nitrogens with one attached hydrogen (secondary N) is 1. The molecule has 6 nitrogen and oxygen atoms in total. The van der Waals surface area contributed by atoms with Crippen LogP contribution in [0.4, 0.5) is 5.69 Å². The van der Waals surface area contributed by atoms with Crippen LogP contribution in [0.15, 0.2) is 73.6 Å². The minimum atomic E-state index is -0.271. The van der Waals surface area contributed by atoms with E-state index in [9.17, 15) is 4.79 Å². The van der Waals surface area contributed by atoms with Crippen LogP contribution in [-0.2, 0) is 11.2 Å². The van der Waals surface area contributed by atoms with Crippen LogP contribution in [0.25, 0.3) is 5.69 Å². The van der Waals surface area contributed by atoms with Crippen molar-refractivity contribution in [2.45, 2.75) is 6.42 Å². The van der Waals surface area contributed by atoms with Gasteiger partial charge in [0.25, 0.3) is 5.91 Å². The molecular weight excluding hydrogens is 342 g/mol. The third-order valence-corrected chi connectivity index (χ3v) is 3.90. The van der Waals surface area contributed by atoms with Gasteiger partial charge >= 0.3 is 0 Å². The van der Waals surface area contributed by atoms with E-state index in [1.807, 2.05) is 54.7 Å². The molecule has 6 heteroatoms. The van der Waals surface area contributed by atoms with Gasteiger partial charge in [0.05, 0.1) is 18.5 Å². The number of methoxy groups -OCH3 is 1. The van der Waals surface area contributed by atoms with Crippen LogP contribution >= 0.6 is 0 Å². The third kappa shape index (κ3) is 4.55. The van der Waals surface area contributed by atoms with E-state index < -0.39 is 0 Å². The molecule has 1 N–H and O–H groups in total. The van der Waals surface area contributed by atoms with Crippen LogP contribution in [0, 0.1) is 0 Å². The second-order valence-corrected chi connectivity index (χ2v) is 5.78. The molecule has 3 rings (SSSR count). The van der Waals surface area contributed by atoms with E-state index in [4.69, 9.17) is 9.47 Å². The Balaban J connectivity index is 1.67. The van der Waals surface area contributed by atoms with Crippen LogP contribution in [0.3, 0.4) is 0 Å². The predicted molar refractivity (Wildman–Crippen MR) is 105 cm³/mol. The summed E-state index contributed by atoms with van der Waals surface area (Å²) in [6, 6.07) is 14.9. The first-order valence-corrected chi connectivity index (χ1v) is 8.50. The molecule has 0 fully saturated rings. The van der Waals surface area contributed by atoms with Crippen LogP contribution in [-0.4, -0.2) is 29.4 Å². The summed E-state index contributed by atoms with van der Waals surface area (Å²) in [5.41, 5.74) is 2.50. The van der Waals surface area contributed by atoms with Crippen LogP contribution in [0.5, 0.6) is 11.5 Å². The van der Waals surface area contributed by atoms with E-state index in [1.54, 1.807) is 24.1 Å². The first kappa shape index (κ1) is 18.3. The number of hydrogen-bond donors (Lipinski definition) is 1. The summed E-state index contributed by atoms with van der Waals surface area (Å²) < 4.78 is 12.7. The van der Waals surface area contributed by atoms with Gasteiger partial charge in [-0.15, -0.1) is 6.58 Å². The molecule has 27 heavy (non-hydrogen) atoms. The zero-order valence-electron chi connectivity index (χ0n) is 15.1. The first-order valence-electron chi connectivity index (χ1n) is 8.50. The maximum atomic E-state index is 12.4. The van der Waals surface area contributed by atoms with Crippen molar-refractivity contribution < 1.29 is 14.3 Å². The smallest absolute Gasteiger partial charge is 0.262 e. The molecule has 0 aliphatic heterocycles. The van der Waals surface area contributed by atoms with Crippen molar-refractivity contribution in [1.29, 1.82) is 0 Å². The molecule has 0 saturated carbocycles. The lowest BCUT2D eigenvalue weighted by Gasteiger charge is -2.13. The fraction of sp³-hybridized carbons (Fsp3) is 0.143. The number of anilines is 1. The molecule has 0 unspecified atom stereocenters. The largest absolute Gasteiger partial charge is 0.493 e. The van der Waals surface area contributed by atoms with Gasteiger partial charge in [0.15, 0.2) is 18.1 Å². The Morgan fingerprint density at radius 3 is 2.81 bits per heavy atom. The molecule has 1 heterocycles. The van der Waals surface area contributed by atoms with E-state index in [0.29, 0.717) is 17.2 Å².